The second-order valence-electron chi connectivity index (χ2n) is 4.48. The van der Waals surface area contributed by atoms with Crippen LogP contribution in [0.2, 0.25) is 0 Å². The molecule has 0 amide bonds. The van der Waals surface area contributed by atoms with Crippen LogP contribution in [0.4, 0.5) is 0 Å². The molecular weight excluding hydrogens is 250 g/mol. The van der Waals surface area contributed by atoms with Gasteiger partial charge in [-0.2, -0.15) is 8.42 Å². The fourth-order valence-corrected chi connectivity index (χ4v) is 3.60. The predicted octanol–water partition coefficient (Wildman–Crippen LogP) is 0.431. The summed E-state index contributed by atoms with van der Waals surface area (Å²) in [6, 6.07) is 7.04. The van der Waals surface area contributed by atoms with Crippen LogP contribution in [-0.2, 0) is 10.0 Å². The van der Waals surface area contributed by atoms with Crippen LogP contribution in [0.25, 0.3) is 0 Å². The van der Waals surface area contributed by atoms with Gasteiger partial charge in [-0.1, -0.05) is 12.1 Å². The Morgan fingerprint density at radius 2 is 2.00 bits per heavy atom. The number of amidine groups is 1. The van der Waals surface area contributed by atoms with Crippen molar-refractivity contribution in [2.75, 3.05) is 26.2 Å². The van der Waals surface area contributed by atoms with Gasteiger partial charge in [0.25, 0.3) is 10.0 Å². The zero-order valence-corrected chi connectivity index (χ0v) is 10.8. The largest absolute Gasteiger partial charge is 0.354 e. The van der Waals surface area contributed by atoms with E-state index in [0.29, 0.717) is 10.7 Å². The summed E-state index contributed by atoms with van der Waals surface area (Å²) in [5.74, 6) is 0.606. The van der Waals surface area contributed by atoms with Crippen LogP contribution in [0.1, 0.15) is 12.0 Å². The highest BCUT2D eigenvalue weighted by Gasteiger charge is 2.31. The van der Waals surface area contributed by atoms with Crippen molar-refractivity contribution >= 4 is 15.9 Å². The molecule has 6 heteroatoms. The molecule has 18 heavy (non-hydrogen) atoms. The van der Waals surface area contributed by atoms with Gasteiger partial charge in [0, 0.05) is 25.2 Å². The van der Waals surface area contributed by atoms with Crippen LogP contribution in [0.5, 0.6) is 0 Å². The summed E-state index contributed by atoms with van der Waals surface area (Å²) in [5, 5.41) is 3.30. The average molecular weight is 265 g/mol. The van der Waals surface area contributed by atoms with E-state index in [1.807, 2.05) is 12.1 Å². The van der Waals surface area contributed by atoms with E-state index < -0.39 is 10.0 Å². The summed E-state index contributed by atoms with van der Waals surface area (Å²) in [6.07, 6.45) is 1.00. The standard InChI is InChI=1S/C12H15N3O2S/c16-18(17)11-5-2-1-4-10(11)12(14-18)15-8-3-6-13-7-9-15/h1-2,4-5,13H,3,6-9H2. The first-order valence-electron chi connectivity index (χ1n) is 6.08. The number of benzene rings is 1. The maximum atomic E-state index is 12.0. The lowest BCUT2D eigenvalue weighted by Crippen LogP contribution is -2.34. The lowest BCUT2D eigenvalue weighted by atomic mass is 10.2. The molecule has 0 saturated carbocycles. The van der Waals surface area contributed by atoms with E-state index in [0.717, 1.165) is 38.2 Å². The van der Waals surface area contributed by atoms with Gasteiger partial charge in [-0.15, -0.1) is 4.40 Å². The van der Waals surface area contributed by atoms with Crippen molar-refractivity contribution in [3.8, 4) is 0 Å². The number of rotatable bonds is 0. The third-order valence-electron chi connectivity index (χ3n) is 3.25. The molecular formula is C12H15N3O2S. The average Bonchev–Trinajstić information content (AvgIpc) is 2.58. The molecule has 3 rings (SSSR count). The molecule has 0 bridgehead atoms. The Kier molecular flexibility index (Phi) is 2.83. The molecule has 1 fully saturated rings. The highest BCUT2D eigenvalue weighted by atomic mass is 32.2. The zero-order valence-electron chi connectivity index (χ0n) is 9.96. The summed E-state index contributed by atoms with van der Waals surface area (Å²) >= 11 is 0. The van der Waals surface area contributed by atoms with Gasteiger partial charge in [-0.3, -0.25) is 0 Å². The monoisotopic (exact) mass is 265 g/mol. The van der Waals surface area contributed by atoms with Crippen molar-refractivity contribution in [2.24, 2.45) is 4.40 Å². The van der Waals surface area contributed by atoms with E-state index >= 15 is 0 Å². The molecule has 96 valence electrons. The molecule has 1 aromatic rings. The van der Waals surface area contributed by atoms with Crippen molar-refractivity contribution in [3.63, 3.8) is 0 Å². The molecule has 0 atom stereocenters. The fraction of sp³-hybridized carbons (Fsp3) is 0.417. The summed E-state index contributed by atoms with van der Waals surface area (Å²) in [6.45, 7) is 3.47. The van der Waals surface area contributed by atoms with E-state index in [2.05, 4.69) is 14.6 Å². The number of sulfonamides is 1. The van der Waals surface area contributed by atoms with Gasteiger partial charge < -0.3 is 10.2 Å². The molecule has 5 nitrogen and oxygen atoms in total. The molecule has 0 radical (unpaired) electrons. The summed E-state index contributed by atoms with van der Waals surface area (Å²) in [7, 11) is -3.49. The summed E-state index contributed by atoms with van der Waals surface area (Å²) < 4.78 is 27.9. The Balaban J connectivity index is 2.03. The first kappa shape index (κ1) is 11.7. The van der Waals surface area contributed by atoms with Crippen LogP contribution in [0.3, 0.4) is 0 Å². The first-order chi connectivity index (χ1) is 8.68. The Morgan fingerprint density at radius 1 is 1.17 bits per heavy atom. The van der Waals surface area contributed by atoms with Gasteiger partial charge in [0.1, 0.15) is 4.90 Å². The number of hydrogen-bond donors (Lipinski definition) is 1. The topological polar surface area (TPSA) is 61.8 Å². The Morgan fingerprint density at radius 3 is 2.89 bits per heavy atom. The molecule has 2 heterocycles. The van der Waals surface area contributed by atoms with Crippen LogP contribution in [0, 0.1) is 0 Å². The zero-order chi connectivity index (χ0) is 12.6. The van der Waals surface area contributed by atoms with E-state index in [4.69, 9.17) is 0 Å². The lowest BCUT2D eigenvalue weighted by Gasteiger charge is -2.21. The highest BCUT2D eigenvalue weighted by molar-refractivity contribution is 7.90. The van der Waals surface area contributed by atoms with E-state index in [1.54, 1.807) is 12.1 Å². The minimum atomic E-state index is -3.49. The SMILES string of the molecule is O=S1(=O)N=C(N2CCCNCC2)c2ccccc21. The van der Waals surface area contributed by atoms with Crippen LogP contribution in [0.15, 0.2) is 33.6 Å². The van der Waals surface area contributed by atoms with E-state index in [-0.39, 0.29) is 0 Å². The minimum absolute atomic E-state index is 0.331. The molecule has 1 saturated heterocycles. The van der Waals surface area contributed by atoms with Gasteiger partial charge in [-0.25, -0.2) is 0 Å². The van der Waals surface area contributed by atoms with Crippen LogP contribution >= 0.6 is 0 Å². The smallest absolute Gasteiger partial charge is 0.285 e. The molecule has 0 aromatic heterocycles. The van der Waals surface area contributed by atoms with Gasteiger partial charge in [-0.05, 0) is 25.1 Å². The number of hydrogen-bond acceptors (Lipinski definition) is 4. The fourth-order valence-electron chi connectivity index (χ4n) is 2.37. The van der Waals surface area contributed by atoms with Gasteiger partial charge in [0.2, 0.25) is 0 Å². The van der Waals surface area contributed by atoms with E-state index in [9.17, 15) is 8.42 Å². The molecule has 2 aliphatic heterocycles. The summed E-state index contributed by atoms with van der Waals surface area (Å²) in [5.41, 5.74) is 0.736. The van der Waals surface area contributed by atoms with Crippen molar-refractivity contribution < 1.29 is 8.42 Å². The maximum Gasteiger partial charge on any atom is 0.285 e. The third kappa shape index (κ3) is 1.91. The summed E-state index contributed by atoms with van der Waals surface area (Å²) in [4.78, 5) is 2.39. The molecule has 1 N–H and O–H groups in total. The number of nitrogens with zero attached hydrogens (tertiary/aromatic N) is 2. The second-order valence-corrected chi connectivity index (χ2v) is 6.05. The number of fused-ring (bicyclic) bond motifs is 1. The van der Waals surface area contributed by atoms with Crippen molar-refractivity contribution in [1.29, 1.82) is 0 Å². The van der Waals surface area contributed by atoms with Gasteiger partial charge in [0.15, 0.2) is 5.84 Å². The highest BCUT2D eigenvalue weighted by Crippen LogP contribution is 2.27. The molecule has 0 spiro atoms. The Labute approximate surface area is 107 Å². The normalized spacial score (nSPS) is 22.2. The number of nitrogens with one attached hydrogen (secondary N) is 1. The Bertz CT molecular complexity index is 587. The van der Waals surface area contributed by atoms with Crippen molar-refractivity contribution in [1.82, 2.24) is 10.2 Å². The van der Waals surface area contributed by atoms with Gasteiger partial charge in [0.05, 0.1) is 0 Å². The van der Waals surface area contributed by atoms with Crippen molar-refractivity contribution in [3.05, 3.63) is 29.8 Å². The first-order valence-corrected chi connectivity index (χ1v) is 7.52. The van der Waals surface area contributed by atoms with Crippen LogP contribution in [-0.4, -0.2) is 45.3 Å². The Hall–Kier alpha value is -1.40. The molecule has 2 aliphatic rings. The third-order valence-corrected chi connectivity index (χ3v) is 4.58. The quantitative estimate of drug-likeness (QED) is 0.739. The lowest BCUT2D eigenvalue weighted by molar-refractivity contribution is 0.448. The van der Waals surface area contributed by atoms with Gasteiger partial charge >= 0.3 is 0 Å². The molecule has 1 aromatic carbocycles. The molecule has 0 unspecified atom stereocenters. The van der Waals surface area contributed by atoms with E-state index in [1.165, 1.54) is 0 Å². The maximum absolute atomic E-state index is 12.0. The van der Waals surface area contributed by atoms with Crippen molar-refractivity contribution in [2.45, 2.75) is 11.3 Å². The second kappa shape index (κ2) is 4.37. The minimum Gasteiger partial charge on any atom is -0.354 e. The van der Waals surface area contributed by atoms with Crippen LogP contribution < -0.4 is 5.32 Å². The predicted molar refractivity (Wildman–Crippen MR) is 69.2 cm³/mol. The molecule has 0 aliphatic carbocycles.